The number of hydrogen-bond donors (Lipinski definition) is 1. The quantitative estimate of drug-likeness (QED) is 0.709. The zero-order valence-corrected chi connectivity index (χ0v) is 16.8. The first-order chi connectivity index (χ1) is 13.6. The molecular weight excluding hydrogens is 352 g/mol. The molecule has 2 aliphatic rings. The van der Waals surface area contributed by atoms with Gasteiger partial charge in [-0.2, -0.15) is 0 Å². The number of pyridine rings is 1. The molecule has 1 N–H and O–H groups in total. The van der Waals surface area contributed by atoms with Crippen LogP contribution < -0.4 is 5.32 Å². The molecule has 2 fully saturated rings. The first-order valence-corrected chi connectivity index (χ1v) is 10.4. The second-order valence-corrected chi connectivity index (χ2v) is 8.24. The van der Waals surface area contributed by atoms with Crippen molar-refractivity contribution < 1.29 is 4.79 Å². The Morgan fingerprint density at radius 2 is 2.25 bits per heavy atom. The Labute approximate surface area is 166 Å². The molecule has 28 heavy (non-hydrogen) atoms. The lowest BCUT2D eigenvalue weighted by molar-refractivity contribution is -0.133. The standard InChI is InChI=1S/C21H30N6O/c1-3-21(20(28)22-9-4-11-26-12-10-24-25-26)13-18-7-8-19(21)27(18)15-17-6-5-16(2)14-23-17/h5-6,10,12,14,18-19H,3-4,7-9,11,13,15H2,1-2H3,(H,22,28)/t18-,19+,21+/m0/s1. The second kappa shape index (κ2) is 7.99. The third kappa shape index (κ3) is 3.55. The fourth-order valence-electron chi connectivity index (χ4n) is 5.08. The summed E-state index contributed by atoms with van der Waals surface area (Å²) in [6.45, 7) is 6.52. The van der Waals surface area contributed by atoms with E-state index in [0.29, 0.717) is 18.6 Å². The van der Waals surface area contributed by atoms with Gasteiger partial charge in [-0.25, -0.2) is 0 Å². The molecular formula is C21H30N6O. The van der Waals surface area contributed by atoms with Gasteiger partial charge < -0.3 is 5.32 Å². The summed E-state index contributed by atoms with van der Waals surface area (Å²) < 4.78 is 1.80. The van der Waals surface area contributed by atoms with Crippen LogP contribution in [-0.2, 0) is 17.9 Å². The number of aryl methyl sites for hydroxylation is 2. The molecule has 0 aromatic carbocycles. The largest absolute Gasteiger partial charge is 0.356 e. The predicted octanol–water partition coefficient (Wildman–Crippen LogP) is 2.32. The first-order valence-electron chi connectivity index (χ1n) is 10.4. The van der Waals surface area contributed by atoms with Crippen molar-refractivity contribution in [3.8, 4) is 0 Å². The summed E-state index contributed by atoms with van der Waals surface area (Å²) >= 11 is 0. The maximum absolute atomic E-state index is 13.2. The van der Waals surface area contributed by atoms with Gasteiger partial charge in [-0.3, -0.25) is 19.4 Å². The van der Waals surface area contributed by atoms with Gasteiger partial charge in [-0.05, 0) is 50.7 Å². The zero-order valence-electron chi connectivity index (χ0n) is 16.8. The van der Waals surface area contributed by atoms with Gasteiger partial charge in [-0.1, -0.05) is 18.2 Å². The molecule has 2 bridgehead atoms. The van der Waals surface area contributed by atoms with E-state index < -0.39 is 0 Å². The van der Waals surface area contributed by atoms with Gasteiger partial charge in [0.1, 0.15) is 0 Å². The number of carbonyl (C=O) groups excluding carboxylic acids is 1. The van der Waals surface area contributed by atoms with Gasteiger partial charge >= 0.3 is 0 Å². The van der Waals surface area contributed by atoms with Crippen LogP contribution in [0.3, 0.4) is 0 Å². The number of amides is 1. The van der Waals surface area contributed by atoms with Crippen LogP contribution in [0, 0.1) is 12.3 Å². The van der Waals surface area contributed by atoms with Crippen LogP contribution in [0.4, 0.5) is 0 Å². The lowest BCUT2D eigenvalue weighted by Crippen LogP contribution is -2.49. The smallest absolute Gasteiger partial charge is 0.227 e. The molecule has 7 nitrogen and oxygen atoms in total. The molecule has 2 aliphatic heterocycles. The lowest BCUT2D eigenvalue weighted by Gasteiger charge is -2.35. The third-order valence-corrected chi connectivity index (χ3v) is 6.60. The van der Waals surface area contributed by atoms with Crippen LogP contribution in [0.5, 0.6) is 0 Å². The van der Waals surface area contributed by atoms with Crippen molar-refractivity contribution in [2.45, 2.75) is 71.1 Å². The van der Waals surface area contributed by atoms with Crippen molar-refractivity contribution in [2.24, 2.45) is 5.41 Å². The Hall–Kier alpha value is -2.28. The molecule has 0 spiro atoms. The number of aromatic nitrogens is 4. The minimum absolute atomic E-state index is 0.225. The van der Waals surface area contributed by atoms with Crippen molar-refractivity contribution >= 4 is 5.91 Å². The van der Waals surface area contributed by atoms with E-state index >= 15 is 0 Å². The van der Waals surface area contributed by atoms with E-state index in [0.717, 1.165) is 44.5 Å². The maximum Gasteiger partial charge on any atom is 0.227 e. The van der Waals surface area contributed by atoms with E-state index in [1.807, 2.05) is 12.4 Å². The molecule has 0 unspecified atom stereocenters. The van der Waals surface area contributed by atoms with E-state index in [1.165, 1.54) is 12.0 Å². The van der Waals surface area contributed by atoms with Crippen molar-refractivity contribution in [3.63, 3.8) is 0 Å². The highest BCUT2D eigenvalue weighted by atomic mass is 16.2. The molecule has 0 aliphatic carbocycles. The maximum atomic E-state index is 13.2. The molecule has 2 saturated heterocycles. The van der Waals surface area contributed by atoms with Crippen molar-refractivity contribution in [1.82, 2.24) is 30.2 Å². The molecule has 2 aromatic heterocycles. The monoisotopic (exact) mass is 382 g/mol. The zero-order chi connectivity index (χ0) is 19.6. The summed E-state index contributed by atoms with van der Waals surface area (Å²) in [6, 6.07) is 5.05. The highest BCUT2D eigenvalue weighted by Gasteiger charge is 2.58. The van der Waals surface area contributed by atoms with Gasteiger partial charge in [-0.15, -0.1) is 5.10 Å². The van der Waals surface area contributed by atoms with Crippen LogP contribution in [0.25, 0.3) is 0 Å². The van der Waals surface area contributed by atoms with Crippen molar-refractivity contribution in [2.75, 3.05) is 6.54 Å². The highest BCUT2D eigenvalue weighted by Crippen LogP contribution is 2.52. The molecule has 150 valence electrons. The van der Waals surface area contributed by atoms with Crippen LogP contribution in [0.15, 0.2) is 30.7 Å². The number of carbonyl (C=O) groups is 1. The van der Waals surface area contributed by atoms with Crippen LogP contribution in [0.2, 0.25) is 0 Å². The van der Waals surface area contributed by atoms with Gasteiger partial charge in [0.25, 0.3) is 0 Å². The molecule has 3 atom stereocenters. The number of rotatable bonds is 8. The molecule has 4 rings (SSSR count). The topological polar surface area (TPSA) is 75.9 Å². The Morgan fingerprint density at radius 3 is 2.96 bits per heavy atom. The average Bonchev–Trinajstić information content (AvgIpc) is 3.43. The normalized spacial score (nSPS) is 26.6. The van der Waals surface area contributed by atoms with E-state index in [1.54, 1.807) is 10.9 Å². The highest BCUT2D eigenvalue weighted by molar-refractivity contribution is 5.84. The Morgan fingerprint density at radius 1 is 1.36 bits per heavy atom. The average molecular weight is 383 g/mol. The number of hydrogen-bond acceptors (Lipinski definition) is 5. The summed E-state index contributed by atoms with van der Waals surface area (Å²) in [5.74, 6) is 0.225. The molecule has 1 amide bonds. The minimum Gasteiger partial charge on any atom is -0.356 e. The summed E-state index contributed by atoms with van der Waals surface area (Å²) in [5, 5.41) is 11.0. The summed E-state index contributed by atoms with van der Waals surface area (Å²) in [4.78, 5) is 20.3. The van der Waals surface area contributed by atoms with Crippen LogP contribution in [-0.4, -0.2) is 49.4 Å². The van der Waals surface area contributed by atoms with E-state index in [9.17, 15) is 4.79 Å². The number of fused-ring (bicyclic) bond motifs is 2. The van der Waals surface area contributed by atoms with Crippen molar-refractivity contribution in [3.05, 3.63) is 42.0 Å². The van der Waals surface area contributed by atoms with Gasteiger partial charge in [0.2, 0.25) is 5.91 Å². The molecule has 0 radical (unpaired) electrons. The SMILES string of the molecule is CC[C@@]1(C(=O)NCCCn2ccnn2)C[C@@H]2CC[C@H]1N2Cc1ccc(C)cn1. The van der Waals surface area contributed by atoms with E-state index in [2.05, 4.69) is 51.5 Å². The minimum atomic E-state index is -0.263. The Balaban J connectivity index is 1.37. The second-order valence-electron chi connectivity index (χ2n) is 8.24. The molecule has 0 saturated carbocycles. The summed E-state index contributed by atoms with van der Waals surface area (Å²) in [5.41, 5.74) is 2.02. The fourth-order valence-corrected chi connectivity index (χ4v) is 5.08. The lowest BCUT2D eigenvalue weighted by atomic mass is 9.71. The fraction of sp³-hybridized carbons (Fsp3) is 0.619. The van der Waals surface area contributed by atoms with Crippen LogP contribution >= 0.6 is 0 Å². The van der Waals surface area contributed by atoms with Gasteiger partial charge in [0, 0.05) is 44.1 Å². The molecule has 7 heteroatoms. The molecule has 2 aromatic rings. The van der Waals surface area contributed by atoms with Gasteiger partial charge in [0.05, 0.1) is 17.3 Å². The molecule has 4 heterocycles. The Kier molecular flexibility index (Phi) is 5.44. The van der Waals surface area contributed by atoms with Crippen molar-refractivity contribution in [1.29, 1.82) is 0 Å². The Bertz CT molecular complexity index is 790. The van der Waals surface area contributed by atoms with Gasteiger partial charge in [0.15, 0.2) is 0 Å². The predicted molar refractivity (Wildman–Crippen MR) is 106 cm³/mol. The van der Waals surface area contributed by atoms with E-state index in [-0.39, 0.29) is 11.3 Å². The van der Waals surface area contributed by atoms with E-state index in [4.69, 9.17) is 0 Å². The summed E-state index contributed by atoms with van der Waals surface area (Å²) in [6.07, 6.45) is 10.5. The summed E-state index contributed by atoms with van der Waals surface area (Å²) in [7, 11) is 0. The van der Waals surface area contributed by atoms with Crippen LogP contribution in [0.1, 0.15) is 50.3 Å². The number of nitrogens with one attached hydrogen (secondary N) is 1. The third-order valence-electron chi connectivity index (χ3n) is 6.60. The number of nitrogens with zero attached hydrogens (tertiary/aromatic N) is 5. The first kappa shape index (κ1) is 19.1.